The van der Waals surface area contributed by atoms with Crippen molar-refractivity contribution in [3.05, 3.63) is 12.2 Å². The third-order valence-electron chi connectivity index (χ3n) is 4.60. The van der Waals surface area contributed by atoms with Crippen LogP contribution in [0.3, 0.4) is 0 Å². The van der Waals surface area contributed by atoms with Gasteiger partial charge in [-0.2, -0.15) is 0 Å². The van der Waals surface area contributed by atoms with E-state index in [1.165, 1.54) is 12.8 Å². The molecule has 0 aromatic carbocycles. The number of allylic oxidation sites excluding steroid dienone is 1. The highest BCUT2D eigenvalue weighted by molar-refractivity contribution is 5.33. The van der Waals surface area contributed by atoms with Crippen molar-refractivity contribution >= 4 is 0 Å². The van der Waals surface area contributed by atoms with Gasteiger partial charge >= 0.3 is 0 Å². The molecule has 0 aliphatic heterocycles. The number of rotatable bonds is 0. The van der Waals surface area contributed by atoms with Gasteiger partial charge in [-0.25, -0.2) is 0 Å². The largest absolute Gasteiger partial charge is 0.0993 e. The monoisotopic (exact) mass is 148 g/mol. The van der Waals surface area contributed by atoms with Crippen molar-refractivity contribution in [3.8, 4) is 0 Å². The van der Waals surface area contributed by atoms with Crippen LogP contribution in [0.5, 0.6) is 0 Å². The summed E-state index contributed by atoms with van der Waals surface area (Å²) in [6.45, 7) is 9.11. The zero-order valence-corrected chi connectivity index (χ0v) is 7.43. The smallest absolute Gasteiger partial charge is 0.0166 e. The van der Waals surface area contributed by atoms with Gasteiger partial charge in [0, 0.05) is 0 Å². The second-order valence-electron chi connectivity index (χ2n) is 5.24. The van der Waals surface area contributed by atoms with E-state index in [0.29, 0.717) is 5.41 Å². The highest BCUT2D eigenvalue weighted by atomic mass is 14.7. The van der Waals surface area contributed by atoms with Crippen molar-refractivity contribution in [2.24, 2.45) is 29.1 Å². The molecule has 0 radical (unpaired) electrons. The van der Waals surface area contributed by atoms with Crippen LogP contribution < -0.4 is 0 Å². The van der Waals surface area contributed by atoms with Crippen molar-refractivity contribution in [1.29, 1.82) is 0 Å². The van der Waals surface area contributed by atoms with Gasteiger partial charge in [-0.3, -0.25) is 0 Å². The predicted molar refractivity (Wildman–Crippen MR) is 46.1 cm³/mol. The molecule has 0 saturated heterocycles. The molecule has 0 amide bonds. The van der Waals surface area contributed by atoms with Crippen molar-refractivity contribution in [3.63, 3.8) is 0 Å². The molecule has 0 aromatic rings. The maximum Gasteiger partial charge on any atom is -0.0166 e. The van der Waals surface area contributed by atoms with Gasteiger partial charge in [-0.1, -0.05) is 26.0 Å². The number of hydrogen-bond acceptors (Lipinski definition) is 0. The molecule has 4 atom stereocenters. The van der Waals surface area contributed by atoms with Gasteiger partial charge in [-0.05, 0) is 41.9 Å². The van der Waals surface area contributed by atoms with Gasteiger partial charge in [-0.15, -0.1) is 0 Å². The molecule has 3 fully saturated rings. The quantitative estimate of drug-likeness (QED) is 0.463. The van der Waals surface area contributed by atoms with Crippen LogP contribution in [0.4, 0.5) is 0 Å². The zero-order valence-electron chi connectivity index (χ0n) is 7.43. The lowest BCUT2D eigenvalue weighted by atomic mass is 9.90. The van der Waals surface area contributed by atoms with Gasteiger partial charge in [0.2, 0.25) is 0 Å². The first kappa shape index (κ1) is 6.28. The predicted octanol–water partition coefficient (Wildman–Crippen LogP) is 2.85. The SMILES string of the molecule is C=C1[C@H]2CC[C@@H]1[C@H]1[C@@H]2C1(C)C. The molecule has 0 heterocycles. The molecular weight excluding hydrogens is 132 g/mol. The Kier molecular flexibility index (Phi) is 0.821. The van der Waals surface area contributed by atoms with E-state index in [-0.39, 0.29) is 0 Å². The number of fused-ring (bicyclic) bond motifs is 5. The first-order valence-electron chi connectivity index (χ1n) is 4.82. The minimum Gasteiger partial charge on any atom is -0.0993 e. The van der Waals surface area contributed by atoms with Crippen molar-refractivity contribution in [2.45, 2.75) is 26.7 Å². The van der Waals surface area contributed by atoms with E-state index in [1.54, 1.807) is 5.57 Å². The molecule has 3 rings (SSSR count). The summed E-state index contributed by atoms with van der Waals surface area (Å²) in [7, 11) is 0. The third kappa shape index (κ3) is 0.483. The molecule has 2 bridgehead atoms. The molecule has 3 saturated carbocycles. The summed E-state index contributed by atoms with van der Waals surface area (Å²) < 4.78 is 0. The average Bonchev–Trinajstić information content (AvgIpc) is 2.31. The van der Waals surface area contributed by atoms with E-state index in [4.69, 9.17) is 0 Å². The van der Waals surface area contributed by atoms with Gasteiger partial charge in [0.05, 0.1) is 0 Å². The van der Waals surface area contributed by atoms with Crippen LogP contribution in [0, 0.1) is 29.1 Å². The van der Waals surface area contributed by atoms with Crippen LogP contribution in [0.15, 0.2) is 12.2 Å². The number of hydrogen-bond donors (Lipinski definition) is 0. The fourth-order valence-electron chi connectivity index (χ4n) is 4.08. The Morgan fingerprint density at radius 1 is 1.18 bits per heavy atom. The van der Waals surface area contributed by atoms with Gasteiger partial charge in [0.25, 0.3) is 0 Å². The molecule has 60 valence electrons. The van der Waals surface area contributed by atoms with Gasteiger partial charge in [0.1, 0.15) is 0 Å². The van der Waals surface area contributed by atoms with E-state index in [0.717, 1.165) is 23.7 Å². The summed E-state index contributed by atoms with van der Waals surface area (Å²) in [5.74, 6) is 3.93. The molecule has 0 N–H and O–H groups in total. The van der Waals surface area contributed by atoms with E-state index in [2.05, 4.69) is 20.4 Å². The molecule has 0 nitrogen and oxygen atoms in total. The Morgan fingerprint density at radius 2 is 1.64 bits per heavy atom. The lowest BCUT2D eigenvalue weighted by molar-refractivity contribution is 0.445. The van der Waals surface area contributed by atoms with Crippen LogP contribution >= 0.6 is 0 Å². The lowest BCUT2D eigenvalue weighted by Crippen LogP contribution is -2.06. The Labute approximate surface area is 68.7 Å². The van der Waals surface area contributed by atoms with Crippen molar-refractivity contribution in [2.75, 3.05) is 0 Å². The van der Waals surface area contributed by atoms with Crippen LogP contribution in [-0.4, -0.2) is 0 Å². The fraction of sp³-hybridized carbons (Fsp3) is 0.818. The first-order valence-corrected chi connectivity index (χ1v) is 4.82. The fourth-order valence-corrected chi connectivity index (χ4v) is 4.08. The summed E-state index contributed by atoms with van der Waals surface area (Å²) in [6, 6.07) is 0. The molecule has 11 heavy (non-hydrogen) atoms. The van der Waals surface area contributed by atoms with Gasteiger partial charge < -0.3 is 0 Å². The van der Waals surface area contributed by atoms with Crippen molar-refractivity contribution in [1.82, 2.24) is 0 Å². The highest BCUT2D eigenvalue weighted by Crippen LogP contribution is 2.77. The standard InChI is InChI=1S/C11H16/c1-6-7-4-5-8(6)10-9(7)11(10,2)3/h7-10H,1,4-5H2,2-3H3/t7-,8+,9-,10+. The summed E-state index contributed by atoms with van der Waals surface area (Å²) in [5, 5.41) is 0. The Hall–Kier alpha value is -0.260. The second kappa shape index (κ2) is 1.44. The Bertz CT molecular complexity index is 214. The summed E-state index contributed by atoms with van der Waals surface area (Å²) in [5.41, 5.74) is 2.30. The van der Waals surface area contributed by atoms with Crippen molar-refractivity contribution < 1.29 is 0 Å². The zero-order chi connectivity index (χ0) is 7.80. The average molecular weight is 148 g/mol. The normalized spacial score (nSPS) is 56.4. The van der Waals surface area contributed by atoms with E-state index in [9.17, 15) is 0 Å². The maximum absolute atomic E-state index is 4.23. The Balaban J connectivity index is 2.03. The second-order valence-corrected chi connectivity index (χ2v) is 5.24. The summed E-state index contributed by atoms with van der Waals surface area (Å²) in [4.78, 5) is 0. The highest BCUT2D eigenvalue weighted by Gasteiger charge is 2.71. The van der Waals surface area contributed by atoms with Crippen LogP contribution in [-0.2, 0) is 0 Å². The van der Waals surface area contributed by atoms with Crippen LogP contribution in [0.1, 0.15) is 26.7 Å². The molecule has 3 aliphatic carbocycles. The molecule has 3 aliphatic rings. The van der Waals surface area contributed by atoms with E-state index < -0.39 is 0 Å². The summed E-state index contributed by atoms with van der Waals surface area (Å²) >= 11 is 0. The minimum absolute atomic E-state index is 0.688. The topological polar surface area (TPSA) is 0 Å². The Morgan fingerprint density at radius 3 is 2.00 bits per heavy atom. The molecule has 0 aromatic heterocycles. The molecular formula is C11H16. The maximum atomic E-state index is 4.23. The van der Waals surface area contributed by atoms with Crippen LogP contribution in [0.25, 0.3) is 0 Å². The molecule has 0 heteroatoms. The third-order valence-corrected chi connectivity index (χ3v) is 4.60. The lowest BCUT2D eigenvalue weighted by Gasteiger charge is -2.15. The molecule has 0 unspecified atom stereocenters. The minimum atomic E-state index is 0.688. The summed E-state index contributed by atoms with van der Waals surface area (Å²) in [6.07, 6.45) is 2.90. The van der Waals surface area contributed by atoms with Crippen LogP contribution in [0.2, 0.25) is 0 Å². The van der Waals surface area contributed by atoms with Gasteiger partial charge in [0.15, 0.2) is 0 Å². The van der Waals surface area contributed by atoms with E-state index >= 15 is 0 Å². The first-order chi connectivity index (χ1) is 5.14. The van der Waals surface area contributed by atoms with E-state index in [1.807, 2.05) is 0 Å². The molecule has 0 spiro atoms.